The summed E-state index contributed by atoms with van der Waals surface area (Å²) in [6.07, 6.45) is 4.13. The van der Waals surface area contributed by atoms with E-state index in [1.54, 1.807) is 12.1 Å². The van der Waals surface area contributed by atoms with Crippen molar-refractivity contribution in [3.8, 4) is 0 Å². The van der Waals surface area contributed by atoms with Gasteiger partial charge in [0.1, 0.15) is 16.4 Å². The average Bonchev–Trinajstić information content (AvgIpc) is 3.13. The van der Waals surface area contributed by atoms with Gasteiger partial charge in [0, 0.05) is 50.9 Å². The zero-order chi connectivity index (χ0) is 24.3. The first-order valence-electron chi connectivity index (χ1n) is 11.4. The van der Waals surface area contributed by atoms with Crippen LogP contribution in [0.4, 0.5) is 15.8 Å². The molecule has 0 aliphatic carbocycles. The summed E-state index contributed by atoms with van der Waals surface area (Å²) in [4.78, 5) is 27.4. The maximum absolute atomic E-state index is 14.0. The molecule has 182 valence electrons. The first kappa shape index (κ1) is 24.1. The van der Waals surface area contributed by atoms with E-state index in [1.165, 1.54) is 29.2 Å². The summed E-state index contributed by atoms with van der Waals surface area (Å²) >= 11 is 0. The van der Waals surface area contributed by atoms with Crippen molar-refractivity contribution in [2.75, 3.05) is 44.2 Å². The maximum Gasteiger partial charge on any atom is 0.293 e. The van der Waals surface area contributed by atoms with Gasteiger partial charge in [-0.3, -0.25) is 14.9 Å². The van der Waals surface area contributed by atoms with Crippen LogP contribution in [-0.2, 0) is 10.0 Å². The Morgan fingerprint density at radius 3 is 2.18 bits per heavy atom. The van der Waals surface area contributed by atoms with E-state index in [4.69, 9.17) is 0 Å². The zero-order valence-corrected chi connectivity index (χ0v) is 19.5. The molecule has 34 heavy (non-hydrogen) atoms. The molecule has 2 aliphatic rings. The molecule has 2 heterocycles. The fourth-order valence-electron chi connectivity index (χ4n) is 4.49. The van der Waals surface area contributed by atoms with Crippen LogP contribution in [0.5, 0.6) is 0 Å². The Hall–Kier alpha value is -3.05. The summed E-state index contributed by atoms with van der Waals surface area (Å²) in [5, 5.41) is 11.8. The molecule has 11 heteroatoms. The highest BCUT2D eigenvalue weighted by atomic mass is 32.2. The number of halogens is 1. The lowest BCUT2D eigenvalue weighted by atomic mass is 10.1. The molecule has 0 saturated carbocycles. The van der Waals surface area contributed by atoms with Crippen molar-refractivity contribution < 1.29 is 22.5 Å². The van der Waals surface area contributed by atoms with E-state index in [0.717, 1.165) is 49.1 Å². The van der Waals surface area contributed by atoms with Gasteiger partial charge in [-0.05, 0) is 37.1 Å². The molecule has 0 N–H and O–H groups in total. The topological polar surface area (TPSA) is 104 Å². The van der Waals surface area contributed by atoms with Gasteiger partial charge in [-0.1, -0.05) is 25.0 Å². The maximum atomic E-state index is 14.0. The van der Waals surface area contributed by atoms with Gasteiger partial charge in [-0.2, -0.15) is 4.31 Å². The van der Waals surface area contributed by atoms with E-state index >= 15 is 0 Å². The van der Waals surface area contributed by atoms with E-state index in [2.05, 4.69) is 0 Å². The van der Waals surface area contributed by atoms with Crippen molar-refractivity contribution in [1.29, 1.82) is 0 Å². The van der Waals surface area contributed by atoms with E-state index in [0.29, 0.717) is 5.69 Å². The number of benzene rings is 2. The van der Waals surface area contributed by atoms with Crippen LogP contribution in [0.15, 0.2) is 47.4 Å². The second kappa shape index (κ2) is 10.1. The van der Waals surface area contributed by atoms with Gasteiger partial charge in [0.15, 0.2) is 0 Å². The van der Waals surface area contributed by atoms with Crippen LogP contribution in [0, 0.1) is 15.9 Å². The SMILES string of the molecule is O=C(c1ccc(N2CCCCCC2)c([N+](=O)[O-])c1)N1CCN(S(=O)(=O)c2ccccc2F)CC1. The predicted molar refractivity (Wildman–Crippen MR) is 125 cm³/mol. The average molecular weight is 491 g/mol. The van der Waals surface area contributed by atoms with Gasteiger partial charge >= 0.3 is 0 Å². The Kier molecular flexibility index (Phi) is 7.13. The quantitative estimate of drug-likeness (QED) is 0.471. The van der Waals surface area contributed by atoms with Crippen LogP contribution < -0.4 is 4.90 Å². The van der Waals surface area contributed by atoms with Gasteiger partial charge in [0.2, 0.25) is 10.0 Å². The lowest BCUT2D eigenvalue weighted by Gasteiger charge is -2.34. The summed E-state index contributed by atoms with van der Waals surface area (Å²) in [7, 11) is -4.02. The molecule has 0 bridgehead atoms. The minimum atomic E-state index is -4.02. The third-order valence-corrected chi connectivity index (χ3v) is 8.28. The predicted octanol–water partition coefficient (Wildman–Crippen LogP) is 3.26. The number of nitro benzene ring substituents is 1. The summed E-state index contributed by atoms with van der Waals surface area (Å²) < 4.78 is 40.8. The molecule has 0 atom stereocenters. The summed E-state index contributed by atoms with van der Waals surface area (Å²) in [6.45, 7) is 1.72. The zero-order valence-electron chi connectivity index (χ0n) is 18.7. The van der Waals surface area contributed by atoms with E-state index < -0.39 is 31.6 Å². The van der Waals surface area contributed by atoms with Crippen molar-refractivity contribution in [2.24, 2.45) is 0 Å². The minimum absolute atomic E-state index is 0.0103. The van der Waals surface area contributed by atoms with Crippen LogP contribution in [0.25, 0.3) is 0 Å². The number of piperazine rings is 1. The van der Waals surface area contributed by atoms with E-state index in [1.807, 2.05) is 4.90 Å². The summed E-state index contributed by atoms with van der Waals surface area (Å²) in [5.41, 5.74) is 0.605. The molecule has 2 aromatic carbocycles. The van der Waals surface area contributed by atoms with Crippen molar-refractivity contribution in [1.82, 2.24) is 9.21 Å². The fourth-order valence-corrected chi connectivity index (χ4v) is 5.98. The number of nitrogens with zero attached hydrogens (tertiary/aromatic N) is 4. The highest BCUT2D eigenvalue weighted by Gasteiger charge is 2.32. The normalized spacial score (nSPS) is 17.9. The molecule has 2 saturated heterocycles. The van der Waals surface area contributed by atoms with Gasteiger partial charge < -0.3 is 9.80 Å². The fraction of sp³-hybridized carbons (Fsp3) is 0.435. The lowest BCUT2D eigenvalue weighted by Crippen LogP contribution is -2.50. The molecule has 0 unspecified atom stereocenters. The van der Waals surface area contributed by atoms with E-state index in [9.17, 15) is 27.7 Å². The smallest absolute Gasteiger partial charge is 0.293 e. The molecule has 2 aromatic rings. The first-order chi connectivity index (χ1) is 16.3. The van der Waals surface area contributed by atoms with Crippen molar-refractivity contribution >= 4 is 27.3 Å². The van der Waals surface area contributed by atoms with Crippen LogP contribution in [-0.4, -0.2) is 67.7 Å². The molecule has 9 nitrogen and oxygen atoms in total. The number of hydrogen-bond acceptors (Lipinski definition) is 6. The summed E-state index contributed by atoms with van der Waals surface area (Å²) in [5.74, 6) is -1.22. The number of carbonyl (C=O) groups is 1. The third kappa shape index (κ3) is 4.90. The number of nitro groups is 1. The number of hydrogen-bond donors (Lipinski definition) is 0. The second-order valence-corrected chi connectivity index (χ2v) is 10.4. The molecule has 0 spiro atoms. The lowest BCUT2D eigenvalue weighted by molar-refractivity contribution is -0.384. The van der Waals surface area contributed by atoms with Crippen LogP contribution in [0.2, 0.25) is 0 Å². The second-order valence-electron chi connectivity index (χ2n) is 8.49. The number of rotatable bonds is 5. The Balaban J connectivity index is 1.48. The largest absolute Gasteiger partial charge is 0.366 e. The Labute approximate surface area is 198 Å². The molecule has 1 amide bonds. The van der Waals surface area contributed by atoms with Crippen molar-refractivity contribution in [3.63, 3.8) is 0 Å². The first-order valence-corrected chi connectivity index (χ1v) is 12.8. The molecule has 4 rings (SSSR count). The van der Waals surface area contributed by atoms with Gasteiger partial charge in [-0.25, -0.2) is 12.8 Å². The number of carbonyl (C=O) groups excluding carboxylic acids is 1. The minimum Gasteiger partial charge on any atom is -0.366 e. The van der Waals surface area contributed by atoms with Crippen molar-refractivity contribution in [3.05, 3.63) is 64.0 Å². The Morgan fingerprint density at radius 1 is 0.912 bits per heavy atom. The van der Waals surface area contributed by atoms with Gasteiger partial charge in [0.05, 0.1) is 4.92 Å². The van der Waals surface area contributed by atoms with Gasteiger partial charge in [0.25, 0.3) is 11.6 Å². The van der Waals surface area contributed by atoms with E-state index in [-0.39, 0.29) is 37.4 Å². The number of amides is 1. The summed E-state index contributed by atoms with van der Waals surface area (Å²) in [6, 6.07) is 9.72. The molecule has 0 aromatic heterocycles. The molecular formula is C23H27FN4O5S. The monoisotopic (exact) mass is 490 g/mol. The molecule has 2 fully saturated rings. The van der Waals surface area contributed by atoms with Crippen LogP contribution >= 0.6 is 0 Å². The third-order valence-electron chi connectivity index (χ3n) is 6.35. The molecule has 0 radical (unpaired) electrons. The Morgan fingerprint density at radius 2 is 1.56 bits per heavy atom. The number of anilines is 1. The molecular weight excluding hydrogens is 463 g/mol. The number of sulfonamides is 1. The van der Waals surface area contributed by atoms with Crippen molar-refractivity contribution in [2.45, 2.75) is 30.6 Å². The van der Waals surface area contributed by atoms with Gasteiger partial charge in [-0.15, -0.1) is 0 Å². The molecule has 2 aliphatic heterocycles. The highest BCUT2D eigenvalue weighted by molar-refractivity contribution is 7.89. The van der Waals surface area contributed by atoms with Crippen LogP contribution in [0.3, 0.4) is 0 Å². The Bertz CT molecular complexity index is 1170. The standard InChI is InChI=1S/C23H27FN4O5S/c24-19-7-3-4-8-22(19)34(32,33)27-15-13-26(14-16-27)23(29)18-9-10-20(21(17-18)28(30)31)25-11-5-1-2-6-12-25/h3-4,7-10,17H,1-2,5-6,11-16H2. The van der Waals surface area contributed by atoms with Crippen LogP contribution in [0.1, 0.15) is 36.0 Å². The highest BCUT2D eigenvalue weighted by Crippen LogP contribution is 2.31.